The van der Waals surface area contributed by atoms with Crippen LogP contribution in [0.25, 0.3) is 0 Å². The summed E-state index contributed by atoms with van der Waals surface area (Å²) in [5.74, 6) is -0.288. The van der Waals surface area contributed by atoms with E-state index < -0.39 is 0 Å². The average molecular weight is 405 g/mol. The average Bonchev–Trinajstić information content (AvgIpc) is 2.57. The van der Waals surface area contributed by atoms with Crippen LogP contribution in [0.5, 0.6) is 0 Å². The van der Waals surface area contributed by atoms with Crippen molar-refractivity contribution in [1.29, 1.82) is 0 Å². The molecule has 2 aromatic rings. The zero-order valence-corrected chi connectivity index (χ0v) is 18.0. The molecule has 0 N–H and O–H groups in total. The second-order valence-corrected chi connectivity index (χ2v) is 8.83. The van der Waals surface area contributed by atoms with E-state index in [-0.39, 0.29) is 22.9 Å². The molecule has 144 valence electrons. The van der Waals surface area contributed by atoms with Crippen LogP contribution in [0.3, 0.4) is 0 Å². The summed E-state index contributed by atoms with van der Waals surface area (Å²) >= 11 is 7.05. The molecule has 0 aliphatic heterocycles. The molecule has 0 atom stereocenters. The first-order valence-electron chi connectivity index (χ1n) is 8.89. The number of ether oxygens (including phenoxy) is 1. The van der Waals surface area contributed by atoms with Gasteiger partial charge in [0.1, 0.15) is 0 Å². The van der Waals surface area contributed by atoms with E-state index in [4.69, 9.17) is 16.3 Å². The molecule has 0 saturated heterocycles. The molecule has 0 heterocycles. The maximum atomic E-state index is 12.7. The number of thioether (sulfide) groups is 1. The lowest BCUT2D eigenvalue weighted by atomic mass is 9.85. The van der Waals surface area contributed by atoms with Crippen molar-refractivity contribution in [3.8, 4) is 0 Å². The normalized spacial score (nSPS) is 11.3. The van der Waals surface area contributed by atoms with E-state index in [0.717, 1.165) is 33.3 Å². The fourth-order valence-corrected chi connectivity index (χ4v) is 3.71. The molecule has 0 saturated carbocycles. The first-order chi connectivity index (χ1) is 12.6. The number of hydrogen-bond donors (Lipinski definition) is 0. The van der Waals surface area contributed by atoms with Gasteiger partial charge in [0.2, 0.25) is 5.12 Å². The Labute approximate surface area is 170 Å². The van der Waals surface area contributed by atoms with E-state index in [0.29, 0.717) is 17.2 Å². The SMILES string of the molecule is CCOC(=O)Cc1cc(C(C)(C)C)cc(C)c1SC(=O)c1ccc(Cl)cc1. The largest absolute Gasteiger partial charge is 0.466 e. The maximum absolute atomic E-state index is 12.7. The summed E-state index contributed by atoms with van der Waals surface area (Å²) in [6, 6.07) is 10.9. The zero-order valence-electron chi connectivity index (χ0n) is 16.4. The van der Waals surface area contributed by atoms with Crippen molar-refractivity contribution >= 4 is 34.4 Å². The van der Waals surface area contributed by atoms with E-state index in [1.54, 1.807) is 31.2 Å². The smallest absolute Gasteiger partial charge is 0.310 e. The van der Waals surface area contributed by atoms with Crippen molar-refractivity contribution in [2.24, 2.45) is 0 Å². The Morgan fingerprint density at radius 2 is 1.74 bits per heavy atom. The minimum Gasteiger partial charge on any atom is -0.466 e. The molecular weight excluding hydrogens is 380 g/mol. The third kappa shape index (κ3) is 5.85. The molecule has 0 aliphatic carbocycles. The number of halogens is 1. The van der Waals surface area contributed by atoms with Gasteiger partial charge in [-0.25, -0.2) is 0 Å². The van der Waals surface area contributed by atoms with Gasteiger partial charge in [-0.15, -0.1) is 0 Å². The Morgan fingerprint density at radius 3 is 2.30 bits per heavy atom. The number of benzene rings is 2. The van der Waals surface area contributed by atoms with Crippen molar-refractivity contribution in [1.82, 2.24) is 0 Å². The van der Waals surface area contributed by atoms with Gasteiger partial charge in [-0.05, 0) is 72.0 Å². The molecule has 27 heavy (non-hydrogen) atoms. The zero-order chi connectivity index (χ0) is 20.2. The van der Waals surface area contributed by atoms with Gasteiger partial charge in [-0.2, -0.15) is 0 Å². The van der Waals surface area contributed by atoms with Crippen LogP contribution < -0.4 is 0 Å². The quantitative estimate of drug-likeness (QED) is 0.453. The van der Waals surface area contributed by atoms with Gasteiger partial charge in [-0.1, -0.05) is 44.5 Å². The summed E-state index contributed by atoms with van der Waals surface area (Å²) in [6.45, 7) is 10.5. The molecule has 0 aromatic heterocycles. The van der Waals surface area contributed by atoms with Crippen LogP contribution in [-0.2, 0) is 21.4 Å². The Kier molecular flexibility index (Phi) is 7.12. The highest BCUT2D eigenvalue weighted by Gasteiger charge is 2.21. The summed E-state index contributed by atoms with van der Waals surface area (Å²) in [4.78, 5) is 25.6. The molecule has 0 bridgehead atoms. The van der Waals surface area contributed by atoms with Crippen molar-refractivity contribution in [3.05, 3.63) is 63.7 Å². The van der Waals surface area contributed by atoms with Gasteiger partial charge >= 0.3 is 5.97 Å². The Balaban J connectivity index is 2.41. The second-order valence-electron chi connectivity index (χ2n) is 7.41. The van der Waals surface area contributed by atoms with Gasteiger partial charge in [0.05, 0.1) is 13.0 Å². The first kappa shape index (κ1) is 21.5. The van der Waals surface area contributed by atoms with Gasteiger partial charge < -0.3 is 4.74 Å². The topological polar surface area (TPSA) is 43.4 Å². The summed E-state index contributed by atoms with van der Waals surface area (Å²) in [6.07, 6.45) is 0.148. The minimum absolute atomic E-state index is 0.0580. The molecule has 2 rings (SSSR count). The number of aryl methyl sites for hydroxylation is 1. The molecule has 0 unspecified atom stereocenters. The molecular formula is C22H25ClO3S. The lowest BCUT2D eigenvalue weighted by molar-refractivity contribution is -0.142. The molecule has 0 aliphatic rings. The summed E-state index contributed by atoms with van der Waals surface area (Å²) in [5.41, 5.74) is 3.45. The highest BCUT2D eigenvalue weighted by atomic mass is 35.5. The summed E-state index contributed by atoms with van der Waals surface area (Å²) in [5, 5.41) is 0.508. The first-order valence-corrected chi connectivity index (χ1v) is 10.1. The summed E-state index contributed by atoms with van der Waals surface area (Å²) < 4.78 is 5.12. The van der Waals surface area contributed by atoms with Crippen LogP contribution in [0.4, 0.5) is 0 Å². The van der Waals surface area contributed by atoms with E-state index in [9.17, 15) is 9.59 Å². The molecule has 0 radical (unpaired) electrons. The fourth-order valence-electron chi connectivity index (χ4n) is 2.66. The van der Waals surface area contributed by atoms with E-state index in [2.05, 4.69) is 26.8 Å². The third-order valence-electron chi connectivity index (χ3n) is 4.13. The van der Waals surface area contributed by atoms with Crippen LogP contribution in [0.1, 0.15) is 54.7 Å². The number of esters is 1. The van der Waals surface area contributed by atoms with Crippen LogP contribution >= 0.6 is 23.4 Å². The molecule has 0 spiro atoms. The Bertz CT molecular complexity index is 836. The van der Waals surface area contributed by atoms with E-state index >= 15 is 0 Å². The monoisotopic (exact) mass is 404 g/mol. The van der Waals surface area contributed by atoms with Crippen molar-refractivity contribution in [2.75, 3.05) is 6.61 Å². The predicted octanol–water partition coefficient (Wildman–Crippen LogP) is 5.98. The van der Waals surface area contributed by atoms with Gasteiger partial charge in [-0.3, -0.25) is 9.59 Å². The maximum Gasteiger partial charge on any atom is 0.310 e. The number of carbonyl (C=O) groups is 2. The Hall–Kier alpha value is -1.78. The van der Waals surface area contributed by atoms with E-state index in [1.165, 1.54) is 0 Å². The van der Waals surface area contributed by atoms with Crippen LogP contribution in [0.2, 0.25) is 5.02 Å². The lowest BCUT2D eigenvalue weighted by Gasteiger charge is -2.23. The van der Waals surface area contributed by atoms with Crippen LogP contribution in [0, 0.1) is 6.92 Å². The summed E-state index contributed by atoms with van der Waals surface area (Å²) in [7, 11) is 0. The molecule has 2 aromatic carbocycles. The Morgan fingerprint density at radius 1 is 1.11 bits per heavy atom. The second kappa shape index (κ2) is 8.94. The highest BCUT2D eigenvalue weighted by Crippen LogP contribution is 2.35. The van der Waals surface area contributed by atoms with Gasteiger partial charge in [0.25, 0.3) is 0 Å². The van der Waals surface area contributed by atoms with E-state index in [1.807, 2.05) is 13.0 Å². The van der Waals surface area contributed by atoms with Gasteiger partial charge in [0.15, 0.2) is 0 Å². The fraction of sp³-hybridized carbons (Fsp3) is 0.364. The van der Waals surface area contributed by atoms with Gasteiger partial charge in [0, 0.05) is 15.5 Å². The predicted molar refractivity (Wildman–Crippen MR) is 112 cm³/mol. The van der Waals surface area contributed by atoms with Crippen molar-refractivity contribution in [3.63, 3.8) is 0 Å². The molecule has 0 fully saturated rings. The lowest BCUT2D eigenvalue weighted by Crippen LogP contribution is -2.15. The highest BCUT2D eigenvalue weighted by molar-refractivity contribution is 8.14. The molecule has 5 heteroatoms. The standard InChI is InChI=1S/C22H25ClO3S/c1-6-26-19(24)13-16-12-17(22(3,4)5)11-14(2)20(16)27-21(25)15-7-9-18(23)10-8-15/h7-12H,6,13H2,1-5H3. The number of hydrogen-bond acceptors (Lipinski definition) is 4. The van der Waals surface area contributed by atoms with Crippen LogP contribution in [0.15, 0.2) is 41.3 Å². The van der Waals surface area contributed by atoms with Crippen molar-refractivity contribution < 1.29 is 14.3 Å². The van der Waals surface area contributed by atoms with Crippen LogP contribution in [-0.4, -0.2) is 17.7 Å². The molecule has 0 amide bonds. The van der Waals surface area contributed by atoms with Crippen molar-refractivity contribution in [2.45, 2.75) is 51.3 Å². The number of rotatable bonds is 5. The molecule has 3 nitrogen and oxygen atoms in total. The third-order valence-corrected chi connectivity index (χ3v) is 5.59. The number of carbonyl (C=O) groups excluding carboxylic acids is 2. The minimum atomic E-state index is -0.288.